The molecule has 4 rings (SSSR count). The van der Waals surface area contributed by atoms with E-state index in [4.69, 9.17) is 13.9 Å². The zero-order valence-electron chi connectivity index (χ0n) is 15.3. The molecule has 158 valence electrons. The highest BCUT2D eigenvalue weighted by Gasteiger charge is 2.44. The normalized spacial score (nSPS) is 23.7. The van der Waals surface area contributed by atoms with E-state index >= 15 is 0 Å². The summed E-state index contributed by atoms with van der Waals surface area (Å²) in [6.45, 7) is -0.588. The third kappa shape index (κ3) is 3.31. The van der Waals surface area contributed by atoms with Crippen LogP contribution in [0.5, 0.6) is 23.0 Å². The molecule has 0 radical (unpaired) electrons. The zero-order valence-corrected chi connectivity index (χ0v) is 15.3. The summed E-state index contributed by atoms with van der Waals surface area (Å²) in [6, 6.07) is 7.65. The second-order valence-corrected chi connectivity index (χ2v) is 6.80. The van der Waals surface area contributed by atoms with Gasteiger partial charge in [0.2, 0.25) is 17.5 Å². The Morgan fingerprint density at radius 3 is 2.30 bits per heavy atom. The summed E-state index contributed by atoms with van der Waals surface area (Å²) in [7, 11) is 0. The fourth-order valence-corrected chi connectivity index (χ4v) is 3.26. The molecular formula is C20H18O10. The van der Waals surface area contributed by atoms with Crippen LogP contribution in [0.3, 0.4) is 0 Å². The fraction of sp³-hybridized carbons (Fsp3) is 0.250. The van der Waals surface area contributed by atoms with Crippen molar-refractivity contribution in [1.82, 2.24) is 0 Å². The lowest BCUT2D eigenvalue weighted by Crippen LogP contribution is -2.36. The van der Waals surface area contributed by atoms with Crippen LogP contribution < -0.4 is 10.2 Å². The first-order chi connectivity index (χ1) is 14.3. The number of phenols is 3. The van der Waals surface area contributed by atoms with E-state index < -0.39 is 48.1 Å². The number of ether oxygens (including phenoxy) is 2. The molecule has 1 saturated heterocycles. The second kappa shape index (κ2) is 7.50. The van der Waals surface area contributed by atoms with Gasteiger partial charge in [-0.1, -0.05) is 0 Å². The van der Waals surface area contributed by atoms with E-state index in [1.807, 2.05) is 0 Å². The molecular weight excluding hydrogens is 400 g/mol. The second-order valence-electron chi connectivity index (χ2n) is 6.80. The Morgan fingerprint density at radius 2 is 1.67 bits per heavy atom. The average Bonchev–Trinajstić information content (AvgIpc) is 2.97. The number of aliphatic hydroxyl groups excluding tert-OH is 3. The van der Waals surface area contributed by atoms with Crippen LogP contribution in [0.4, 0.5) is 0 Å². The van der Waals surface area contributed by atoms with E-state index in [1.165, 1.54) is 24.3 Å². The molecule has 0 aliphatic carbocycles. The smallest absolute Gasteiger partial charge is 0.239 e. The first kappa shape index (κ1) is 20.0. The van der Waals surface area contributed by atoms with Crippen LogP contribution in [0, 0.1) is 0 Å². The molecule has 6 N–H and O–H groups in total. The Balaban J connectivity index is 1.90. The van der Waals surface area contributed by atoms with E-state index in [0.29, 0.717) is 5.56 Å². The number of hydrogen-bond acceptors (Lipinski definition) is 10. The first-order valence-corrected chi connectivity index (χ1v) is 8.91. The van der Waals surface area contributed by atoms with Crippen LogP contribution in [0.15, 0.2) is 45.6 Å². The van der Waals surface area contributed by atoms with E-state index in [1.54, 1.807) is 0 Å². The lowest BCUT2D eigenvalue weighted by molar-refractivity contribution is -0.117. The molecule has 0 amide bonds. The Hall–Kier alpha value is -3.31. The van der Waals surface area contributed by atoms with Gasteiger partial charge in [-0.25, -0.2) is 0 Å². The van der Waals surface area contributed by atoms with Crippen molar-refractivity contribution in [2.45, 2.75) is 24.6 Å². The van der Waals surface area contributed by atoms with Gasteiger partial charge in [0.1, 0.15) is 46.5 Å². The molecule has 1 fully saturated rings. The summed E-state index contributed by atoms with van der Waals surface area (Å²) in [5.74, 6) is -1.50. The van der Waals surface area contributed by atoms with Gasteiger partial charge in [0.15, 0.2) is 5.76 Å². The predicted molar refractivity (Wildman–Crippen MR) is 101 cm³/mol. The number of hydrogen-bond donors (Lipinski definition) is 6. The van der Waals surface area contributed by atoms with Gasteiger partial charge in [0.05, 0.1) is 6.61 Å². The van der Waals surface area contributed by atoms with Crippen molar-refractivity contribution in [2.75, 3.05) is 6.61 Å². The van der Waals surface area contributed by atoms with Crippen molar-refractivity contribution in [3.63, 3.8) is 0 Å². The van der Waals surface area contributed by atoms with Crippen molar-refractivity contribution in [1.29, 1.82) is 0 Å². The maximum Gasteiger partial charge on any atom is 0.239 e. The molecule has 0 saturated carbocycles. The minimum atomic E-state index is -1.57. The SMILES string of the molecule is O=c1c(O[C@@H]2O[C@@H](CO)C(O)[C@H]2O)c(-c2ccc(O)cc2)oc2cc(O)cc(O)c12. The van der Waals surface area contributed by atoms with Gasteiger partial charge < -0.3 is 44.5 Å². The van der Waals surface area contributed by atoms with Gasteiger partial charge in [0, 0.05) is 17.7 Å². The standard InChI is InChI=1S/C20H18O10/c21-7-13-15(25)17(27)20(29-13)30-19-16(26)14-11(24)5-10(23)6-12(14)28-18(19)8-1-3-9(22)4-2-8/h1-6,13,15,17,20-25,27H,7H2/t13-,15?,17+,20-/m0/s1. The van der Waals surface area contributed by atoms with Gasteiger partial charge in [-0.2, -0.15) is 0 Å². The molecule has 2 heterocycles. The number of aliphatic hydroxyl groups is 3. The van der Waals surface area contributed by atoms with Crippen molar-refractivity contribution < 1.29 is 44.5 Å². The Labute approximate surface area is 168 Å². The molecule has 1 aliphatic rings. The maximum absolute atomic E-state index is 13.1. The molecule has 3 aromatic rings. The fourth-order valence-electron chi connectivity index (χ4n) is 3.26. The molecule has 0 bridgehead atoms. The number of benzene rings is 2. The number of fused-ring (bicyclic) bond motifs is 1. The predicted octanol–water partition coefficient (Wildman–Crippen LogP) is 0.395. The van der Waals surface area contributed by atoms with Gasteiger partial charge in [-0.3, -0.25) is 4.79 Å². The summed E-state index contributed by atoms with van der Waals surface area (Å²) < 4.78 is 16.5. The van der Waals surface area contributed by atoms with Gasteiger partial charge >= 0.3 is 0 Å². The average molecular weight is 418 g/mol. The molecule has 1 aliphatic heterocycles. The molecule has 2 aromatic carbocycles. The highest BCUT2D eigenvalue weighted by atomic mass is 16.7. The van der Waals surface area contributed by atoms with Crippen molar-refractivity contribution in [2.24, 2.45) is 0 Å². The number of phenolic OH excluding ortho intramolecular Hbond substituents is 3. The van der Waals surface area contributed by atoms with Crippen LogP contribution in [-0.2, 0) is 4.74 Å². The summed E-state index contributed by atoms with van der Waals surface area (Å²) >= 11 is 0. The highest BCUT2D eigenvalue weighted by Crippen LogP contribution is 2.37. The molecule has 10 nitrogen and oxygen atoms in total. The Morgan fingerprint density at radius 1 is 0.967 bits per heavy atom. The number of aromatic hydroxyl groups is 3. The topological polar surface area (TPSA) is 170 Å². The molecule has 1 unspecified atom stereocenters. The summed E-state index contributed by atoms with van der Waals surface area (Å²) in [5, 5.41) is 58.4. The third-order valence-corrected chi connectivity index (χ3v) is 4.78. The molecule has 1 aromatic heterocycles. The highest BCUT2D eigenvalue weighted by molar-refractivity contribution is 5.88. The van der Waals surface area contributed by atoms with Crippen LogP contribution >= 0.6 is 0 Å². The quantitative estimate of drug-likeness (QED) is 0.348. The van der Waals surface area contributed by atoms with Gasteiger partial charge in [-0.15, -0.1) is 0 Å². The van der Waals surface area contributed by atoms with Crippen LogP contribution in [-0.4, -0.2) is 61.8 Å². The Bertz CT molecular complexity index is 1140. The molecule has 4 atom stereocenters. The molecule has 0 spiro atoms. The van der Waals surface area contributed by atoms with Gasteiger partial charge in [-0.05, 0) is 24.3 Å². The minimum absolute atomic E-state index is 0.0388. The minimum Gasteiger partial charge on any atom is -0.508 e. The monoisotopic (exact) mass is 418 g/mol. The van der Waals surface area contributed by atoms with Crippen molar-refractivity contribution >= 4 is 11.0 Å². The van der Waals surface area contributed by atoms with Gasteiger partial charge in [0.25, 0.3) is 0 Å². The molecule has 30 heavy (non-hydrogen) atoms. The van der Waals surface area contributed by atoms with E-state index in [0.717, 1.165) is 12.1 Å². The van der Waals surface area contributed by atoms with Crippen molar-refractivity contribution in [3.05, 3.63) is 46.6 Å². The zero-order chi connectivity index (χ0) is 21.6. The summed E-state index contributed by atoms with van der Waals surface area (Å²) in [4.78, 5) is 13.1. The third-order valence-electron chi connectivity index (χ3n) is 4.78. The summed E-state index contributed by atoms with van der Waals surface area (Å²) in [5.41, 5.74) is -0.653. The van der Waals surface area contributed by atoms with Crippen LogP contribution in [0.2, 0.25) is 0 Å². The van der Waals surface area contributed by atoms with Crippen molar-refractivity contribution in [3.8, 4) is 34.3 Å². The first-order valence-electron chi connectivity index (χ1n) is 8.91. The molecule has 10 heteroatoms. The van der Waals surface area contributed by atoms with E-state index in [-0.39, 0.29) is 28.2 Å². The maximum atomic E-state index is 13.1. The Kier molecular flexibility index (Phi) is 5.00. The van der Waals surface area contributed by atoms with E-state index in [2.05, 4.69) is 0 Å². The largest absolute Gasteiger partial charge is 0.508 e. The summed E-state index contributed by atoms with van der Waals surface area (Å²) in [6.07, 6.45) is -5.65. The number of rotatable bonds is 4. The van der Waals surface area contributed by atoms with E-state index in [9.17, 15) is 35.4 Å². The van der Waals surface area contributed by atoms with Crippen LogP contribution in [0.25, 0.3) is 22.3 Å². The lowest BCUT2D eigenvalue weighted by atomic mass is 10.1. The van der Waals surface area contributed by atoms with Crippen LogP contribution in [0.1, 0.15) is 0 Å². The lowest BCUT2D eigenvalue weighted by Gasteiger charge is -2.18.